The van der Waals surface area contributed by atoms with Crippen molar-refractivity contribution < 1.29 is 0 Å². The van der Waals surface area contributed by atoms with Crippen molar-refractivity contribution in [3.63, 3.8) is 0 Å². The number of hydrogen-bond acceptors (Lipinski definition) is 3. The monoisotopic (exact) mass is 293 g/mol. The van der Waals surface area contributed by atoms with Gasteiger partial charge in [-0.25, -0.2) is 0 Å². The van der Waals surface area contributed by atoms with Gasteiger partial charge in [0.05, 0.1) is 12.3 Å². The average Bonchev–Trinajstić information content (AvgIpc) is 2.93. The van der Waals surface area contributed by atoms with Crippen LogP contribution in [0.5, 0.6) is 0 Å². The number of allylic oxidation sites excluding steroid dienone is 2. The van der Waals surface area contributed by atoms with E-state index >= 15 is 0 Å². The number of nitrogens with one attached hydrogen (secondary N) is 1. The highest BCUT2D eigenvalue weighted by Gasteiger charge is 2.19. The van der Waals surface area contributed by atoms with Crippen LogP contribution in [0.2, 0.25) is 0 Å². The maximum atomic E-state index is 5.94. The molecular weight excluding hydrogens is 258 g/mol. The zero-order chi connectivity index (χ0) is 15.3. The third-order valence-electron chi connectivity index (χ3n) is 4.10. The quantitative estimate of drug-likeness (QED) is 0.412. The summed E-state index contributed by atoms with van der Waals surface area (Å²) in [5, 5.41) is 3.36. The first-order chi connectivity index (χ1) is 10.3. The zero-order valence-corrected chi connectivity index (χ0v) is 14.1. The summed E-state index contributed by atoms with van der Waals surface area (Å²) in [5.74, 6) is 0. The highest BCUT2D eigenvalue weighted by atomic mass is 15.3. The zero-order valence-electron chi connectivity index (χ0n) is 14.1. The fraction of sp³-hybridized carbons (Fsp3) is 0.778. The minimum atomic E-state index is 0.0875. The second-order valence-electron chi connectivity index (χ2n) is 6.14. The van der Waals surface area contributed by atoms with E-state index in [1.165, 1.54) is 57.8 Å². The maximum absolute atomic E-state index is 5.94. The smallest absolute Gasteiger partial charge is 0.0995 e. The van der Waals surface area contributed by atoms with Crippen molar-refractivity contribution in [1.82, 2.24) is 10.2 Å². The summed E-state index contributed by atoms with van der Waals surface area (Å²) < 4.78 is 0. The van der Waals surface area contributed by atoms with E-state index in [1.54, 1.807) is 0 Å². The summed E-state index contributed by atoms with van der Waals surface area (Å²) in [4.78, 5) is 2.19. The molecule has 0 aromatic rings. The molecule has 2 unspecified atom stereocenters. The van der Waals surface area contributed by atoms with E-state index in [4.69, 9.17) is 5.73 Å². The molecule has 1 rings (SSSR count). The van der Waals surface area contributed by atoms with E-state index < -0.39 is 0 Å². The molecule has 3 nitrogen and oxygen atoms in total. The van der Waals surface area contributed by atoms with Crippen molar-refractivity contribution in [1.29, 1.82) is 0 Å². The molecule has 0 saturated heterocycles. The second kappa shape index (κ2) is 11.7. The van der Waals surface area contributed by atoms with Crippen LogP contribution in [0, 0.1) is 0 Å². The number of rotatable bonds is 12. The molecule has 1 aliphatic heterocycles. The molecule has 122 valence electrons. The molecule has 0 fully saturated rings. The molecule has 3 N–H and O–H groups in total. The molecule has 0 bridgehead atoms. The molecular formula is C18H35N3. The topological polar surface area (TPSA) is 41.3 Å². The standard InChI is InChI=1S/C18H35N3/c1-3-4-5-6-7-8-9-10-11-12-13-14-18-20-15-16-21(18)17(2)19/h10-11,15-18,20H,3-9,12-14,19H2,1-2H3/b11-10+. The van der Waals surface area contributed by atoms with Crippen LogP contribution in [-0.2, 0) is 0 Å². The minimum Gasteiger partial charge on any atom is -0.370 e. The van der Waals surface area contributed by atoms with Gasteiger partial charge in [-0.3, -0.25) is 0 Å². The van der Waals surface area contributed by atoms with Crippen LogP contribution >= 0.6 is 0 Å². The first-order valence-corrected chi connectivity index (χ1v) is 8.86. The van der Waals surface area contributed by atoms with Gasteiger partial charge in [0.15, 0.2) is 0 Å². The van der Waals surface area contributed by atoms with Crippen LogP contribution in [0.25, 0.3) is 0 Å². The van der Waals surface area contributed by atoms with Gasteiger partial charge in [-0.15, -0.1) is 0 Å². The third-order valence-corrected chi connectivity index (χ3v) is 4.10. The lowest BCUT2D eigenvalue weighted by atomic mass is 10.1. The summed E-state index contributed by atoms with van der Waals surface area (Å²) >= 11 is 0. The molecule has 0 saturated carbocycles. The highest BCUT2D eigenvalue weighted by molar-refractivity contribution is 4.95. The Balaban J connectivity index is 1.93. The van der Waals surface area contributed by atoms with Crippen LogP contribution in [0.4, 0.5) is 0 Å². The van der Waals surface area contributed by atoms with E-state index in [9.17, 15) is 0 Å². The molecule has 2 atom stereocenters. The highest BCUT2D eigenvalue weighted by Crippen LogP contribution is 2.14. The fourth-order valence-electron chi connectivity index (χ4n) is 2.79. The number of nitrogens with zero attached hydrogens (tertiary/aromatic N) is 1. The maximum Gasteiger partial charge on any atom is 0.0995 e. The Labute approximate surface area is 131 Å². The Bertz CT molecular complexity index is 297. The Morgan fingerprint density at radius 1 is 1.10 bits per heavy atom. The van der Waals surface area contributed by atoms with Crippen LogP contribution in [-0.4, -0.2) is 17.2 Å². The average molecular weight is 293 g/mol. The molecule has 0 spiro atoms. The number of unbranched alkanes of at least 4 members (excludes halogenated alkanes) is 7. The van der Waals surface area contributed by atoms with Crippen molar-refractivity contribution in [3.8, 4) is 0 Å². The van der Waals surface area contributed by atoms with Gasteiger partial charge in [-0.2, -0.15) is 0 Å². The number of nitrogens with two attached hydrogens (primary N) is 1. The summed E-state index contributed by atoms with van der Waals surface area (Å²) in [6.07, 6.45) is 22.4. The van der Waals surface area contributed by atoms with Crippen LogP contribution < -0.4 is 11.1 Å². The SMILES string of the molecule is CCCCCCCC/C=C/CCCC1NC=CN1C(C)N. The Kier molecular flexibility index (Phi) is 10.1. The molecule has 0 radical (unpaired) electrons. The van der Waals surface area contributed by atoms with Crippen LogP contribution in [0.15, 0.2) is 24.6 Å². The second-order valence-corrected chi connectivity index (χ2v) is 6.14. The van der Waals surface area contributed by atoms with Gasteiger partial charge in [0.25, 0.3) is 0 Å². The fourth-order valence-corrected chi connectivity index (χ4v) is 2.79. The Morgan fingerprint density at radius 3 is 2.48 bits per heavy atom. The van der Waals surface area contributed by atoms with Gasteiger partial charge in [0.2, 0.25) is 0 Å². The van der Waals surface area contributed by atoms with Crippen molar-refractivity contribution >= 4 is 0 Å². The van der Waals surface area contributed by atoms with E-state index in [0.717, 1.165) is 6.42 Å². The van der Waals surface area contributed by atoms with Gasteiger partial charge in [-0.05, 0) is 39.0 Å². The van der Waals surface area contributed by atoms with E-state index in [0.29, 0.717) is 6.17 Å². The summed E-state index contributed by atoms with van der Waals surface area (Å²) in [6, 6.07) is 0. The van der Waals surface area contributed by atoms with Crippen molar-refractivity contribution in [2.24, 2.45) is 5.73 Å². The van der Waals surface area contributed by atoms with Gasteiger partial charge in [0.1, 0.15) is 0 Å². The first kappa shape index (κ1) is 18.1. The number of hydrogen-bond donors (Lipinski definition) is 2. The largest absolute Gasteiger partial charge is 0.370 e. The Hall–Kier alpha value is -0.960. The van der Waals surface area contributed by atoms with Crippen molar-refractivity contribution in [2.45, 2.75) is 90.4 Å². The van der Waals surface area contributed by atoms with Crippen LogP contribution in [0.1, 0.15) is 78.1 Å². The lowest BCUT2D eigenvalue weighted by Crippen LogP contribution is -2.44. The predicted molar refractivity (Wildman–Crippen MR) is 92.5 cm³/mol. The van der Waals surface area contributed by atoms with E-state index in [1.807, 2.05) is 13.1 Å². The molecule has 0 aromatic carbocycles. The van der Waals surface area contributed by atoms with Gasteiger partial charge < -0.3 is 16.0 Å². The first-order valence-electron chi connectivity index (χ1n) is 8.86. The summed E-state index contributed by atoms with van der Waals surface area (Å²) in [6.45, 7) is 4.30. The van der Waals surface area contributed by atoms with Gasteiger partial charge >= 0.3 is 0 Å². The molecule has 1 aliphatic rings. The van der Waals surface area contributed by atoms with E-state index in [2.05, 4.69) is 35.5 Å². The molecule has 0 aromatic heterocycles. The Morgan fingerprint density at radius 2 is 1.76 bits per heavy atom. The van der Waals surface area contributed by atoms with Gasteiger partial charge in [0, 0.05) is 12.4 Å². The molecule has 0 aliphatic carbocycles. The van der Waals surface area contributed by atoms with Crippen molar-refractivity contribution in [3.05, 3.63) is 24.6 Å². The van der Waals surface area contributed by atoms with Crippen LogP contribution in [0.3, 0.4) is 0 Å². The molecule has 3 heteroatoms. The summed E-state index contributed by atoms with van der Waals surface area (Å²) in [7, 11) is 0. The van der Waals surface area contributed by atoms with Crippen molar-refractivity contribution in [2.75, 3.05) is 0 Å². The van der Waals surface area contributed by atoms with E-state index in [-0.39, 0.29) is 6.17 Å². The normalized spacial score (nSPS) is 19.4. The lowest BCUT2D eigenvalue weighted by molar-refractivity contribution is 0.209. The minimum absolute atomic E-state index is 0.0875. The third kappa shape index (κ3) is 8.15. The summed E-state index contributed by atoms with van der Waals surface area (Å²) in [5.41, 5.74) is 5.94. The molecule has 1 heterocycles. The molecule has 21 heavy (non-hydrogen) atoms. The predicted octanol–water partition coefficient (Wildman–Crippen LogP) is 4.47. The van der Waals surface area contributed by atoms with Gasteiger partial charge in [-0.1, -0.05) is 51.2 Å². The molecule has 0 amide bonds. The lowest BCUT2D eigenvalue weighted by Gasteiger charge is -2.28.